The van der Waals surface area contributed by atoms with Crippen molar-refractivity contribution >= 4 is 11.9 Å². The van der Waals surface area contributed by atoms with E-state index in [4.69, 9.17) is 28.4 Å². The number of aliphatic hydroxyl groups is 3. The maximum Gasteiger partial charge on any atom is 0.338 e. The van der Waals surface area contributed by atoms with Gasteiger partial charge in [-0.2, -0.15) is 0 Å². The van der Waals surface area contributed by atoms with Crippen molar-refractivity contribution in [3.63, 3.8) is 0 Å². The maximum atomic E-state index is 13.3. The standard InChI is InChI=1S/C29H42O11/c1-15-9-21-28(11-17(15)31)13-36-25(34)24-26(3,40-24)19(32)12-35-18(16(2)30)7-5-6-8-23(33)39-20-10-22(38-21)29(14-37-29)27(20,28)4/h9,16-22,24,30-32H,5-8,10-14H2,1-4H3/t16?,17-,18?,19?,20-,21?,22-,24?,26?,27-,28?,29-/m1/s1. The molecule has 1 saturated carbocycles. The van der Waals surface area contributed by atoms with E-state index in [1.165, 1.54) is 0 Å². The third-order valence-corrected chi connectivity index (χ3v) is 10.9. The van der Waals surface area contributed by atoms with Crippen molar-refractivity contribution in [2.24, 2.45) is 10.8 Å². The molecule has 6 rings (SSSR count). The molecule has 4 saturated heterocycles. The van der Waals surface area contributed by atoms with Crippen molar-refractivity contribution in [2.75, 3.05) is 19.8 Å². The Morgan fingerprint density at radius 1 is 1.10 bits per heavy atom. The Labute approximate surface area is 234 Å². The van der Waals surface area contributed by atoms with Crippen LogP contribution < -0.4 is 0 Å². The van der Waals surface area contributed by atoms with E-state index >= 15 is 0 Å². The first-order valence-corrected chi connectivity index (χ1v) is 14.6. The number of rotatable bonds is 1. The lowest BCUT2D eigenvalue weighted by Gasteiger charge is -2.58. The fourth-order valence-corrected chi connectivity index (χ4v) is 7.85. The summed E-state index contributed by atoms with van der Waals surface area (Å²) in [6.45, 7) is 7.32. The first-order valence-electron chi connectivity index (χ1n) is 14.6. The predicted molar refractivity (Wildman–Crippen MR) is 137 cm³/mol. The summed E-state index contributed by atoms with van der Waals surface area (Å²) in [6, 6.07) is 0. The lowest BCUT2D eigenvalue weighted by Crippen LogP contribution is -2.68. The summed E-state index contributed by atoms with van der Waals surface area (Å²) >= 11 is 0. The van der Waals surface area contributed by atoms with Crippen molar-refractivity contribution in [2.45, 2.75) is 126 Å². The van der Waals surface area contributed by atoms with Crippen LogP contribution in [0, 0.1) is 10.8 Å². The van der Waals surface area contributed by atoms with Gasteiger partial charge in [-0.1, -0.05) is 19.4 Å². The first-order chi connectivity index (χ1) is 18.9. The quantitative estimate of drug-likeness (QED) is 0.236. The van der Waals surface area contributed by atoms with Crippen molar-refractivity contribution < 1.29 is 53.3 Å². The van der Waals surface area contributed by atoms with Crippen molar-refractivity contribution in [1.82, 2.24) is 0 Å². The van der Waals surface area contributed by atoms with Crippen LogP contribution in [0.5, 0.6) is 0 Å². The summed E-state index contributed by atoms with van der Waals surface area (Å²) in [7, 11) is 0. The molecular weight excluding hydrogens is 524 g/mol. The van der Waals surface area contributed by atoms with Gasteiger partial charge in [0.25, 0.3) is 0 Å². The third-order valence-electron chi connectivity index (χ3n) is 10.9. The molecule has 0 aromatic heterocycles. The van der Waals surface area contributed by atoms with Gasteiger partial charge in [0.05, 0.1) is 49.1 Å². The molecule has 11 nitrogen and oxygen atoms in total. The van der Waals surface area contributed by atoms with Crippen LogP contribution in [0.3, 0.4) is 0 Å². The van der Waals surface area contributed by atoms with E-state index < -0.39 is 70.7 Å². The highest BCUT2D eigenvalue weighted by molar-refractivity contribution is 5.79. The number of hydrogen-bond donors (Lipinski definition) is 3. The molecule has 11 heteroatoms. The molecule has 0 radical (unpaired) electrons. The van der Waals surface area contributed by atoms with Gasteiger partial charge < -0.3 is 43.7 Å². The molecule has 0 aromatic carbocycles. The molecule has 4 heterocycles. The highest BCUT2D eigenvalue weighted by Crippen LogP contribution is 2.72. The minimum Gasteiger partial charge on any atom is -0.463 e. The fraction of sp³-hybridized carbons (Fsp3) is 0.862. The summed E-state index contributed by atoms with van der Waals surface area (Å²) < 4.78 is 36.3. The molecule has 224 valence electrons. The Morgan fingerprint density at radius 2 is 1.85 bits per heavy atom. The Morgan fingerprint density at radius 3 is 2.55 bits per heavy atom. The van der Waals surface area contributed by atoms with E-state index in [0.717, 1.165) is 5.57 Å². The maximum absolute atomic E-state index is 13.3. The molecule has 7 unspecified atom stereocenters. The first kappa shape index (κ1) is 28.5. The topological polar surface area (TPSA) is 157 Å². The molecule has 3 N–H and O–H groups in total. The van der Waals surface area contributed by atoms with Crippen LogP contribution in [-0.2, 0) is 38.0 Å². The summed E-state index contributed by atoms with van der Waals surface area (Å²) in [5.41, 5.74) is -2.84. The van der Waals surface area contributed by atoms with Crippen LogP contribution >= 0.6 is 0 Å². The van der Waals surface area contributed by atoms with Crippen LogP contribution in [0.2, 0.25) is 0 Å². The zero-order chi connectivity index (χ0) is 28.7. The second-order valence-corrected chi connectivity index (χ2v) is 13.1. The van der Waals surface area contributed by atoms with Crippen LogP contribution in [0.25, 0.3) is 0 Å². The monoisotopic (exact) mass is 566 g/mol. The van der Waals surface area contributed by atoms with Gasteiger partial charge in [-0.25, -0.2) is 4.79 Å². The molecule has 2 spiro atoms. The number of cyclic esters (lactones) is 1. The van der Waals surface area contributed by atoms with Crippen LogP contribution in [-0.4, -0.2) is 107 Å². The largest absolute Gasteiger partial charge is 0.463 e. The van der Waals surface area contributed by atoms with Gasteiger partial charge in [0.15, 0.2) is 6.10 Å². The lowest BCUT2D eigenvalue weighted by atomic mass is 9.51. The highest BCUT2D eigenvalue weighted by Gasteiger charge is 2.83. The van der Waals surface area contributed by atoms with Gasteiger partial charge >= 0.3 is 11.9 Å². The van der Waals surface area contributed by atoms with Gasteiger partial charge in [0.1, 0.15) is 30.0 Å². The third kappa shape index (κ3) is 4.11. The number of carbonyl (C=O) groups is 2. The minimum absolute atomic E-state index is 0.105. The van der Waals surface area contributed by atoms with E-state index in [1.54, 1.807) is 13.8 Å². The summed E-state index contributed by atoms with van der Waals surface area (Å²) in [4.78, 5) is 26.4. The van der Waals surface area contributed by atoms with Gasteiger partial charge in [-0.3, -0.25) is 4.79 Å². The van der Waals surface area contributed by atoms with Crippen molar-refractivity contribution in [1.29, 1.82) is 0 Å². The number of esters is 2. The second-order valence-electron chi connectivity index (χ2n) is 13.1. The lowest BCUT2D eigenvalue weighted by molar-refractivity contribution is -0.240. The van der Waals surface area contributed by atoms with E-state index in [9.17, 15) is 24.9 Å². The summed E-state index contributed by atoms with van der Waals surface area (Å²) in [5.74, 6) is -0.971. The van der Waals surface area contributed by atoms with Crippen LogP contribution in [0.4, 0.5) is 0 Å². The molecule has 2 aliphatic carbocycles. The van der Waals surface area contributed by atoms with Crippen LogP contribution in [0.1, 0.15) is 66.2 Å². The minimum atomic E-state index is -1.18. The molecule has 40 heavy (non-hydrogen) atoms. The van der Waals surface area contributed by atoms with Gasteiger partial charge in [0.2, 0.25) is 0 Å². The fourth-order valence-electron chi connectivity index (χ4n) is 7.85. The molecule has 4 aliphatic heterocycles. The Kier molecular flexibility index (Phi) is 6.93. The number of aliphatic hydroxyl groups excluding tert-OH is 3. The second kappa shape index (κ2) is 9.72. The molecule has 12 atom stereocenters. The molecule has 0 amide bonds. The van der Waals surface area contributed by atoms with E-state index in [2.05, 4.69) is 0 Å². The number of ether oxygens (including phenoxy) is 6. The number of epoxide rings is 2. The number of fused-ring (bicyclic) bond motifs is 1. The normalized spacial score (nSPS) is 51.8. The molecule has 2 bridgehead atoms. The molecule has 0 aromatic rings. The molecular formula is C29H42O11. The summed E-state index contributed by atoms with van der Waals surface area (Å²) in [5, 5.41) is 32.1. The summed E-state index contributed by atoms with van der Waals surface area (Å²) in [6.07, 6.45) is -1.12. The zero-order valence-corrected chi connectivity index (χ0v) is 23.7. The SMILES string of the molecule is CC1=CC2O[C@@H]3C[C@H]4OC(=O)CCCCC(C(C)O)OCC(O)C5(C)OC5C(=O)OCC2(C[C@H]1O)[C@]4(C)[C@@]31CO1. The average Bonchev–Trinajstić information content (AvgIpc) is 3.81. The predicted octanol–water partition coefficient (Wildman–Crippen LogP) is 0.944. The van der Waals surface area contributed by atoms with Crippen molar-refractivity contribution in [3.8, 4) is 0 Å². The van der Waals surface area contributed by atoms with Crippen molar-refractivity contribution in [3.05, 3.63) is 11.6 Å². The zero-order valence-electron chi connectivity index (χ0n) is 23.7. The number of carbonyl (C=O) groups excluding carboxylic acids is 2. The van der Waals surface area contributed by atoms with Gasteiger partial charge in [0, 0.05) is 18.3 Å². The Bertz CT molecular complexity index is 1070. The highest BCUT2D eigenvalue weighted by atomic mass is 16.7. The molecule has 6 aliphatic rings. The Hall–Kier alpha value is -1.60. The number of hydrogen-bond acceptors (Lipinski definition) is 11. The Balaban J connectivity index is 1.33. The van der Waals surface area contributed by atoms with E-state index in [-0.39, 0.29) is 38.1 Å². The average molecular weight is 567 g/mol. The van der Waals surface area contributed by atoms with Gasteiger partial charge in [-0.05, 0) is 45.6 Å². The van der Waals surface area contributed by atoms with Crippen LogP contribution in [0.15, 0.2) is 11.6 Å². The smallest absolute Gasteiger partial charge is 0.338 e. The van der Waals surface area contributed by atoms with E-state index in [1.807, 2.05) is 19.9 Å². The van der Waals surface area contributed by atoms with E-state index in [0.29, 0.717) is 32.3 Å². The van der Waals surface area contributed by atoms with Gasteiger partial charge in [-0.15, -0.1) is 0 Å². The molecule has 5 fully saturated rings.